The molecule has 1 atom stereocenters. The maximum atomic E-state index is 12.8. The minimum absolute atomic E-state index is 0.0161. The Balaban J connectivity index is 1.75. The van der Waals surface area contributed by atoms with Crippen molar-refractivity contribution in [3.63, 3.8) is 0 Å². The van der Waals surface area contributed by atoms with Gasteiger partial charge in [0.05, 0.1) is 5.56 Å². The maximum absolute atomic E-state index is 12.8. The van der Waals surface area contributed by atoms with Crippen LogP contribution in [0.4, 0.5) is 5.69 Å². The van der Waals surface area contributed by atoms with Crippen LogP contribution in [-0.2, 0) is 0 Å². The highest BCUT2D eigenvalue weighted by atomic mass is 16.4. The fourth-order valence-corrected chi connectivity index (χ4v) is 3.49. The smallest absolute Gasteiger partial charge is 0.335 e. The molecule has 6 heteroatoms. The van der Waals surface area contributed by atoms with Gasteiger partial charge in [0.15, 0.2) is 0 Å². The van der Waals surface area contributed by atoms with Gasteiger partial charge in [0.2, 0.25) is 0 Å². The molecule has 1 aliphatic rings. The van der Waals surface area contributed by atoms with Crippen molar-refractivity contribution in [3.05, 3.63) is 64.7 Å². The average Bonchev–Trinajstić information content (AvgIpc) is 2.69. The van der Waals surface area contributed by atoms with E-state index in [0.717, 1.165) is 31.4 Å². The zero-order valence-electron chi connectivity index (χ0n) is 16.1. The number of benzene rings is 2. The molecule has 0 spiro atoms. The van der Waals surface area contributed by atoms with Crippen molar-refractivity contribution in [2.24, 2.45) is 0 Å². The number of rotatable bonds is 4. The van der Waals surface area contributed by atoms with Crippen LogP contribution in [0.25, 0.3) is 0 Å². The van der Waals surface area contributed by atoms with Crippen LogP contribution in [0.1, 0.15) is 62.8 Å². The van der Waals surface area contributed by atoms with Crippen molar-refractivity contribution in [2.75, 3.05) is 11.9 Å². The van der Waals surface area contributed by atoms with E-state index in [-0.39, 0.29) is 23.1 Å². The average molecular weight is 380 g/mol. The summed E-state index contributed by atoms with van der Waals surface area (Å²) >= 11 is 0. The lowest BCUT2D eigenvalue weighted by Gasteiger charge is -2.33. The molecule has 2 amide bonds. The summed E-state index contributed by atoms with van der Waals surface area (Å²) in [5.74, 6) is -1.46. The van der Waals surface area contributed by atoms with Crippen LogP contribution < -0.4 is 5.32 Å². The van der Waals surface area contributed by atoms with E-state index in [1.807, 2.05) is 11.8 Å². The Hall–Kier alpha value is -3.15. The van der Waals surface area contributed by atoms with Crippen LogP contribution in [0.2, 0.25) is 0 Å². The predicted molar refractivity (Wildman–Crippen MR) is 107 cm³/mol. The summed E-state index contributed by atoms with van der Waals surface area (Å²) in [6, 6.07) is 11.3. The van der Waals surface area contributed by atoms with Crippen molar-refractivity contribution < 1.29 is 19.5 Å². The Morgan fingerprint density at radius 3 is 2.46 bits per heavy atom. The van der Waals surface area contributed by atoms with Gasteiger partial charge < -0.3 is 15.3 Å². The highest BCUT2D eigenvalue weighted by molar-refractivity contribution is 6.06. The lowest BCUT2D eigenvalue weighted by Crippen LogP contribution is -2.42. The topological polar surface area (TPSA) is 86.7 Å². The highest BCUT2D eigenvalue weighted by Gasteiger charge is 2.24. The number of nitrogens with zero attached hydrogens (tertiary/aromatic N) is 1. The number of nitrogens with one attached hydrogen (secondary N) is 1. The first kappa shape index (κ1) is 19.6. The van der Waals surface area contributed by atoms with Gasteiger partial charge in [-0.05, 0) is 75.1 Å². The molecule has 6 nitrogen and oxygen atoms in total. The van der Waals surface area contributed by atoms with E-state index in [1.54, 1.807) is 24.3 Å². The first-order valence-electron chi connectivity index (χ1n) is 9.43. The number of carboxylic acid groups (broad SMARTS) is 1. The highest BCUT2D eigenvalue weighted by Crippen LogP contribution is 2.23. The number of hydrogen-bond donors (Lipinski definition) is 2. The number of anilines is 1. The molecule has 1 aliphatic heterocycles. The van der Waals surface area contributed by atoms with E-state index < -0.39 is 11.9 Å². The second kappa shape index (κ2) is 8.25. The third kappa shape index (κ3) is 4.22. The quantitative estimate of drug-likeness (QED) is 0.840. The number of aryl methyl sites for hydroxylation is 1. The van der Waals surface area contributed by atoms with E-state index >= 15 is 0 Å². The molecule has 1 unspecified atom stereocenters. The Labute approximate surface area is 164 Å². The van der Waals surface area contributed by atoms with Crippen LogP contribution in [0.15, 0.2) is 42.5 Å². The third-order valence-electron chi connectivity index (χ3n) is 5.16. The van der Waals surface area contributed by atoms with Crippen LogP contribution in [0.3, 0.4) is 0 Å². The summed E-state index contributed by atoms with van der Waals surface area (Å²) < 4.78 is 0. The molecule has 2 aromatic carbocycles. The van der Waals surface area contributed by atoms with E-state index in [1.165, 1.54) is 18.2 Å². The molecule has 1 heterocycles. The van der Waals surface area contributed by atoms with Gasteiger partial charge in [-0.25, -0.2) is 4.79 Å². The number of carbonyl (C=O) groups is 3. The molecule has 0 saturated carbocycles. The lowest BCUT2D eigenvalue weighted by atomic mass is 10.0. The lowest BCUT2D eigenvalue weighted by molar-refractivity contribution is 0.0634. The van der Waals surface area contributed by atoms with Gasteiger partial charge in [-0.1, -0.05) is 6.07 Å². The Kier molecular flexibility index (Phi) is 5.78. The normalized spacial score (nSPS) is 16.5. The molecule has 2 N–H and O–H groups in total. The SMILES string of the molecule is Cc1cc(C(=O)N2CCCCC2C)ccc1NC(=O)c1cccc(C(=O)O)c1. The fraction of sp³-hybridized carbons (Fsp3) is 0.318. The van der Waals surface area contributed by atoms with Crippen LogP contribution in [-0.4, -0.2) is 40.4 Å². The van der Waals surface area contributed by atoms with E-state index in [0.29, 0.717) is 11.3 Å². The number of likely N-dealkylation sites (tertiary alicyclic amines) is 1. The summed E-state index contributed by atoms with van der Waals surface area (Å²) in [5, 5.41) is 11.9. The minimum atomic E-state index is -1.08. The maximum Gasteiger partial charge on any atom is 0.335 e. The molecule has 1 saturated heterocycles. The molecule has 146 valence electrons. The monoisotopic (exact) mass is 380 g/mol. The molecule has 0 radical (unpaired) electrons. The molecule has 2 aromatic rings. The molecular formula is C22H24N2O4. The zero-order valence-corrected chi connectivity index (χ0v) is 16.1. The summed E-state index contributed by atoms with van der Waals surface area (Å²) in [7, 11) is 0. The van der Waals surface area contributed by atoms with Gasteiger partial charge in [0.25, 0.3) is 11.8 Å². The van der Waals surface area contributed by atoms with Gasteiger partial charge in [-0.15, -0.1) is 0 Å². The number of aromatic carboxylic acids is 1. The summed E-state index contributed by atoms with van der Waals surface area (Å²) in [6.07, 6.45) is 3.20. The minimum Gasteiger partial charge on any atom is -0.478 e. The van der Waals surface area contributed by atoms with Gasteiger partial charge >= 0.3 is 5.97 Å². The van der Waals surface area contributed by atoms with Crippen molar-refractivity contribution >= 4 is 23.5 Å². The second-order valence-corrected chi connectivity index (χ2v) is 7.21. The molecule has 3 rings (SSSR count). The molecule has 0 aromatic heterocycles. The first-order valence-corrected chi connectivity index (χ1v) is 9.43. The number of piperidine rings is 1. The van der Waals surface area contributed by atoms with E-state index in [2.05, 4.69) is 12.2 Å². The van der Waals surface area contributed by atoms with Gasteiger partial charge in [-0.3, -0.25) is 9.59 Å². The number of carboxylic acids is 1. The van der Waals surface area contributed by atoms with Gasteiger partial charge in [0.1, 0.15) is 0 Å². The number of hydrogen-bond acceptors (Lipinski definition) is 3. The number of carbonyl (C=O) groups excluding carboxylic acids is 2. The van der Waals surface area contributed by atoms with Crippen molar-refractivity contribution in [1.29, 1.82) is 0 Å². The largest absolute Gasteiger partial charge is 0.478 e. The standard InChI is InChI=1S/C22H24N2O4/c1-14-12-17(21(26)24-11-4-3-6-15(24)2)9-10-19(14)23-20(25)16-7-5-8-18(13-16)22(27)28/h5,7-10,12-13,15H,3-4,6,11H2,1-2H3,(H,23,25)(H,27,28). The van der Waals surface area contributed by atoms with Crippen LogP contribution in [0.5, 0.6) is 0 Å². The van der Waals surface area contributed by atoms with Crippen molar-refractivity contribution in [3.8, 4) is 0 Å². The van der Waals surface area contributed by atoms with Crippen LogP contribution >= 0.6 is 0 Å². The van der Waals surface area contributed by atoms with Crippen molar-refractivity contribution in [2.45, 2.75) is 39.2 Å². The summed E-state index contributed by atoms with van der Waals surface area (Å²) in [5.41, 5.74) is 2.30. The summed E-state index contributed by atoms with van der Waals surface area (Å²) in [4.78, 5) is 38.3. The predicted octanol–water partition coefficient (Wildman–Crippen LogP) is 3.96. The van der Waals surface area contributed by atoms with E-state index in [4.69, 9.17) is 5.11 Å². The summed E-state index contributed by atoms with van der Waals surface area (Å²) in [6.45, 7) is 4.68. The van der Waals surface area contributed by atoms with Crippen LogP contribution in [0, 0.1) is 6.92 Å². The third-order valence-corrected chi connectivity index (χ3v) is 5.16. The van der Waals surface area contributed by atoms with Crippen molar-refractivity contribution in [1.82, 2.24) is 4.90 Å². The first-order chi connectivity index (χ1) is 13.4. The molecule has 0 bridgehead atoms. The molecule has 0 aliphatic carbocycles. The van der Waals surface area contributed by atoms with Gasteiger partial charge in [-0.2, -0.15) is 0 Å². The Morgan fingerprint density at radius 1 is 1.04 bits per heavy atom. The van der Waals surface area contributed by atoms with Gasteiger partial charge in [0, 0.05) is 29.4 Å². The Morgan fingerprint density at radius 2 is 1.79 bits per heavy atom. The zero-order chi connectivity index (χ0) is 20.3. The number of amides is 2. The second-order valence-electron chi connectivity index (χ2n) is 7.21. The fourth-order valence-electron chi connectivity index (χ4n) is 3.49. The molecular weight excluding hydrogens is 356 g/mol. The van der Waals surface area contributed by atoms with E-state index in [9.17, 15) is 14.4 Å². The molecule has 28 heavy (non-hydrogen) atoms. The Bertz CT molecular complexity index is 923. The molecule has 1 fully saturated rings.